The average Bonchev–Trinajstić information content (AvgIpc) is 3.18. The van der Waals surface area contributed by atoms with Gasteiger partial charge in [0.1, 0.15) is 5.82 Å². The summed E-state index contributed by atoms with van der Waals surface area (Å²) in [5.74, 6) is 0.553. The summed E-state index contributed by atoms with van der Waals surface area (Å²) < 4.78 is 0. The van der Waals surface area contributed by atoms with Crippen molar-refractivity contribution >= 4 is 27.6 Å². The van der Waals surface area contributed by atoms with Gasteiger partial charge < -0.3 is 5.73 Å². The minimum atomic E-state index is 0.553. The first-order chi connectivity index (χ1) is 14.8. The number of aryl methyl sites for hydroxylation is 2. The van der Waals surface area contributed by atoms with Gasteiger partial charge in [-0.1, -0.05) is 48.5 Å². The van der Waals surface area contributed by atoms with Crippen LogP contribution in [-0.2, 0) is 12.8 Å². The number of hydrogen-bond donors (Lipinski definition) is 2. The third-order valence-corrected chi connectivity index (χ3v) is 6.26. The number of anilines is 1. The van der Waals surface area contributed by atoms with Crippen molar-refractivity contribution in [3.8, 4) is 22.4 Å². The second-order valence-corrected chi connectivity index (χ2v) is 8.14. The Balaban J connectivity index is 1.57. The number of H-pyrrole nitrogens is 1. The quantitative estimate of drug-likeness (QED) is 0.394. The van der Waals surface area contributed by atoms with E-state index < -0.39 is 0 Å². The standard InChI is InChI=1S/C26H22N4/c27-25-24-22(20-11-9-16-5-1-3-7-18(16)13-20)15-23(28-26(24)30-29-25)21-12-10-17-6-2-4-8-19(17)14-21/h1,3,5,7,9-15H,2,4,6,8H2,(H3,27,28,29,30). The summed E-state index contributed by atoms with van der Waals surface area (Å²) in [7, 11) is 0. The molecule has 1 aliphatic carbocycles. The Morgan fingerprint density at radius 2 is 1.57 bits per heavy atom. The molecule has 1 aliphatic rings. The van der Waals surface area contributed by atoms with Crippen LogP contribution in [0.1, 0.15) is 24.0 Å². The lowest BCUT2D eigenvalue weighted by Gasteiger charge is -2.17. The van der Waals surface area contributed by atoms with Gasteiger partial charge >= 0.3 is 0 Å². The monoisotopic (exact) mass is 390 g/mol. The van der Waals surface area contributed by atoms with Crippen molar-refractivity contribution in [1.82, 2.24) is 15.2 Å². The second kappa shape index (κ2) is 6.70. The van der Waals surface area contributed by atoms with Crippen molar-refractivity contribution in [3.63, 3.8) is 0 Å². The van der Waals surface area contributed by atoms with Gasteiger partial charge in [0.25, 0.3) is 0 Å². The number of nitrogens with two attached hydrogens (primary N) is 1. The summed E-state index contributed by atoms with van der Waals surface area (Å²) in [5, 5.41) is 10.6. The molecule has 0 amide bonds. The van der Waals surface area contributed by atoms with Crippen LogP contribution in [0.25, 0.3) is 44.2 Å². The Labute approximate surface area is 174 Å². The third-order valence-electron chi connectivity index (χ3n) is 6.26. The predicted molar refractivity (Wildman–Crippen MR) is 123 cm³/mol. The van der Waals surface area contributed by atoms with Gasteiger partial charge in [0.2, 0.25) is 0 Å². The molecule has 0 fully saturated rings. The first-order valence-electron chi connectivity index (χ1n) is 10.5. The van der Waals surface area contributed by atoms with E-state index >= 15 is 0 Å². The van der Waals surface area contributed by atoms with Gasteiger partial charge in [-0.25, -0.2) is 4.98 Å². The normalized spacial score (nSPS) is 13.6. The molecule has 0 atom stereocenters. The summed E-state index contributed by atoms with van der Waals surface area (Å²) in [5.41, 5.74) is 14.1. The zero-order chi connectivity index (χ0) is 20.1. The zero-order valence-electron chi connectivity index (χ0n) is 16.7. The predicted octanol–water partition coefficient (Wildman–Crippen LogP) is 5.91. The maximum atomic E-state index is 6.25. The molecule has 5 aromatic rings. The Kier molecular flexibility index (Phi) is 3.85. The molecule has 0 bridgehead atoms. The van der Waals surface area contributed by atoms with Crippen LogP contribution in [0.5, 0.6) is 0 Å². The van der Waals surface area contributed by atoms with E-state index in [2.05, 4.69) is 76.9 Å². The highest BCUT2D eigenvalue weighted by Gasteiger charge is 2.16. The fraction of sp³-hybridized carbons (Fsp3) is 0.154. The van der Waals surface area contributed by atoms with Crippen LogP contribution in [0.3, 0.4) is 0 Å². The molecule has 6 rings (SSSR count). The van der Waals surface area contributed by atoms with Crippen LogP contribution in [0, 0.1) is 0 Å². The molecule has 2 heterocycles. The van der Waals surface area contributed by atoms with E-state index in [-0.39, 0.29) is 0 Å². The molecule has 0 spiro atoms. The number of nitrogen functional groups attached to an aromatic ring is 1. The van der Waals surface area contributed by atoms with Crippen LogP contribution in [0.4, 0.5) is 5.82 Å². The van der Waals surface area contributed by atoms with Crippen LogP contribution < -0.4 is 5.73 Å². The Hall–Kier alpha value is -3.66. The molecule has 4 heteroatoms. The molecule has 3 aromatic carbocycles. The van der Waals surface area contributed by atoms with E-state index in [0.717, 1.165) is 34.2 Å². The summed E-state index contributed by atoms with van der Waals surface area (Å²) in [4.78, 5) is 4.84. The molecule has 3 N–H and O–H groups in total. The molecule has 0 radical (unpaired) electrons. The molecular weight excluding hydrogens is 368 g/mol. The molecule has 146 valence electrons. The number of nitrogens with one attached hydrogen (secondary N) is 1. The molecule has 0 saturated heterocycles. The Morgan fingerprint density at radius 1 is 0.767 bits per heavy atom. The molecule has 0 saturated carbocycles. The van der Waals surface area contributed by atoms with Gasteiger partial charge in [-0.05, 0) is 76.9 Å². The van der Waals surface area contributed by atoms with Crippen molar-refractivity contribution in [2.45, 2.75) is 25.7 Å². The maximum Gasteiger partial charge on any atom is 0.184 e. The first-order valence-corrected chi connectivity index (χ1v) is 10.5. The third kappa shape index (κ3) is 2.76. The minimum absolute atomic E-state index is 0.553. The highest BCUT2D eigenvalue weighted by molar-refractivity contribution is 6.03. The number of nitrogens with zero attached hydrogens (tertiary/aromatic N) is 2. The van der Waals surface area contributed by atoms with E-state index in [0.29, 0.717) is 11.5 Å². The number of rotatable bonds is 2. The van der Waals surface area contributed by atoms with E-state index in [9.17, 15) is 0 Å². The van der Waals surface area contributed by atoms with Crippen molar-refractivity contribution < 1.29 is 0 Å². The smallest absolute Gasteiger partial charge is 0.184 e. The first kappa shape index (κ1) is 17.2. The van der Waals surface area contributed by atoms with Gasteiger partial charge in [0, 0.05) is 5.56 Å². The number of aromatic nitrogens is 3. The highest BCUT2D eigenvalue weighted by atomic mass is 15.2. The molecular formula is C26H22N4. The van der Waals surface area contributed by atoms with Crippen LogP contribution in [-0.4, -0.2) is 15.2 Å². The maximum absolute atomic E-state index is 6.25. The van der Waals surface area contributed by atoms with Crippen molar-refractivity contribution in [2.24, 2.45) is 0 Å². The lowest BCUT2D eigenvalue weighted by Crippen LogP contribution is -2.02. The van der Waals surface area contributed by atoms with Crippen LogP contribution >= 0.6 is 0 Å². The van der Waals surface area contributed by atoms with Crippen molar-refractivity contribution in [2.75, 3.05) is 5.73 Å². The van der Waals surface area contributed by atoms with Gasteiger partial charge in [-0.15, -0.1) is 0 Å². The number of aromatic amines is 1. The number of benzene rings is 3. The minimum Gasteiger partial charge on any atom is -0.383 e. The Morgan fingerprint density at radius 3 is 2.47 bits per heavy atom. The summed E-state index contributed by atoms with van der Waals surface area (Å²) in [6.07, 6.45) is 4.88. The fourth-order valence-corrected chi connectivity index (χ4v) is 4.67. The van der Waals surface area contributed by atoms with Gasteiger partial charge in [-0.2, -0.15) is 5.10 Å². The molecule has 0 unspecified atom stereocenters. The number of hydrogen-bond acceptors (Lipinski definition) is 3. The number of fused-ring (bicyclic) bond motifs is 3. The molecule has 2 aromatic heterocycles. The average molecular weight is 390 g/mol. The van der Waals surface area contributed by atoms with Gasteiger partial charge in [0.15, 0.2) is 5.65 Å². The van der Waals surface area contributed by atoms with Crippen LogP contribution in [0.2, 0.25) is 0 Å². The zero-order valence-corrected chi connectivity index (χ0v) is 16.7. The van der Waals surface area contributed by atoms with E-state index in [1.54, 1.807) is 0 Å². The van der Waals surface area contributed by atoms with E-state index in [1.807, 2.05) is 0 Å². The Bertz CT molecular complexity index is 1410. The fourth-order valence-electron chi connectivity index (χ4n) is 4.67. The molecule has 4 nitrogen and oxygen atoms in total. The summed E-state index contributed by atoms with van der Waals surface area (Å²) >= 11 is 0. The van der Waals surface area contributed by atoms with Gasteiger partial charge in [-0.3, -0.25) is 5.10 Å². The summed E-state index contributed by atoms with van der Waals surface area (Å²) in [6.45, 7) is 0. The van der Waals surface area contributed by atoms with E-state index in [4.69, 9.17) is 10.7 Å². The van der Waals surface area contributed by atoms with Crippen molar-refractivity contribution in [3.05, 3.63) is 77.9 Å². The SMILES string of the molecule is Nc1[nH]nc2nc(-c3ccc4c(c3)CCCC4)cc(-c3ccc4ccccc4c3)c12. The summed E-state index contributed by atoms with van der Waals surface area (Å²) in [6, 6.07) is 23.9. The number of pyridine rings is 1. The molecule has 30 heavy (non-hydrogen) atoms. The lowest BCUT2D eigenvalue weighted by atomic mass is 9.89. The van der Waals surface area contributed by atoms with Crippen LogP contribution in [0.15, 0.2) is 66.7 Å². The second-order valence-electron chi connectivity index (χ2n) is 8.14. The largest absolute Gasteiger partial charge is 0.383 e. The lowest BCUT2D eigenvalue weighted by molar-refractivity contribution is 0.686. The highest BCUT2D eigenvalue weighted by Crippen LogP contribution is 2.36. The van der Waals surface area contributed by atoms with Crippen molar-refractivity contribution in [1.29, 1.82) is 0 Å². The molecule has 0 aliphatic heterocycles. The van der Waals surface area contributed by atoms with E-state index in [1.165, 1.54) is 41.2 Å². The topological polar surface area (TPSA) is 67.6 Å². The van der Waals surface area contributed by atoms with Gasteiger partial charge in [0.05, 0.1) is 11.1 Å².